The number of aromatic nitrogens is 5. The van der Waals surface area contributed by atoms with Crippen LogP contribution in [0, 0.1) is 0 Å². The first-order chi connectivity index (χ1) is 22.6. The van der Waals surface area contributed by atoms with E-state index in [1.807, 2.05) is 30.6 Å². The summed E-state index contributed by atoms with van der Waals surface area (Å²) in [5, 5.41) is 2.30. The lowest BCUT2D eigenvalue weighted by atomic mass is 9.82. The van der Waals surface area contributed by atoms with Crippen LogP contribution >= 0.6 is 0 Å². The first-order valence-electron chi connectivity index (χ1n) is 15.6. The van der Waals surface area contributed by atoms with Crippen LogP contribution in [0.2, 0.25) is 0 Å². The molecule has 46 heavy (non-hydrogen) atoms. The third-order valence-corrected chi connectivity index (χ3v) is 9.35. The van der Waals surface area contributed by atoms with E-state index >= 15 is 0 Å². The largest absolute Gasteiger partial charge is 0.309 e. The molecule has 3 aromatic heterocycles. The summed E-state index contributed by atoms with van der Waals surface area (Å²) in [7, 11) is 0. The third kappa shape index (κ3) is 3.95. The van der Waals surface area contributed by atoms with Gasteiger partial charge in [-0.3, -0.25) is 4.98 Å². The summed E-state index contributed by atoms with van der Waals surface area (Å²) in [5.74, 6) is 1.95. The van der Waals surface area contributed by atoms with Gasteiger partial charge in [-0.15, -0.1) is 0 Å². The highest BCUT2D eigenvalue weighted by Crippen LogP contribution is 2.51. The number of hydrogen-bond donors (Lipinski definition) is 0. The molecule has 0 saturated heterocycles. The van der Waals surface area contributed by atoms with Gasteiger partial charge < -0.3 is 4.57 Å². The molecule has 8 aromatic rings. The van der Waals surface area contributed by atoms with E-state index < -0.39 is 0 Å². The van der Waals surface area contributed by atoms with E-state index in [9.17, 15) is 0 Å². The average Bonchev–Trinajstić information content (AvgIpc) is 3.57. The first kappa shape index (κ1) is 26.5. The van der Waals surface area contributed by atoms with Gasteiger partial charge >= 0.3 is 0 Å². The van der Waals surface area contributed by atoms with E-state index in [0.29, 0.717) is 17.5 Å². The summed E-state index contributed by atoms with van der Waals surface area (Å²) in [6, 6.07) is 44.4. The Bertz CT molecular complexity index is 2400. The zero-order chi connectivity index (χ0) is 30.8. The molecule has 1 aliphatic rings. The van der Waals surface area contributed by atoms with Gasteiger partial charge in [0, 0.05) is 51.0 Å². The van der Waals surface area contributed by atoms with Gasteiger partial charge in [0.15, 0.2) is 17.5 Å². The average molecular weight is 592 g/mol. The Labute approximate surface area is 266 Å². The minimum Gasteiger partial charge on any atom is -0.309 e. The van der Waals surface area contributed by atoms with Crippen molar-refractivity contribution in [2.45, 2.75) is 19.3 Å². The summed E-state index contributed by atoms with van der Waals surface area (Å²) in [6.45, 7) is 4.60. The summed E-state index contributed by atoms with van der Waals surface area (Å²) in [5.41, 5.74) is 11.1. The fourth-order valence-electron chi connectivity index (χ4n) is 7.16. The van der Waals surface area contributed by atoms with Crippen LogP contribution in [-0.2, 0) is 5.41 Å². The number of fused-ring (bicyclic) bond motifs is 6. The maximum atomic E-state index is 5.20. The van der Waals surface area contributed by atoms with E-state index in [-0.39, 0.29) is 5.41 Å². The summed E-state index contributed by atoms with van der Waals surface area (Å²) < 4.78 is 2.29. The number of nitrogens with zero attached hydrogens (tertiary/aromatic N) is 5. The van der Waals surface area contributed by atoms with E-state index in [1.54, 1.807) is 0 Å². The molecule has 0 saturated carbocycles. The molecule has 0 aliphatic heterocycles. The second-order valence-corrected chi connectivity index (χ2v) is 12.4. The summed E-state index contributed by atoms with van der Waals surface area (Å²) >= 11 is 0. The lowest BCUT2D eigenvalue weighted by Crippen LogP contribution is -2.14. The molecule has 5 aromatic carbocycles. The van der Waals surface area contributed by atoms with Crippen molar-refractivity contribution in [1.29, 1.82) is 0 Å². The maximum absolute atomic E-state index is 5.20. The molecule has 0 amide bonds. The van der Waals surface area contributed by atoms with E-state index in [0.717, 1.165) is 38.8 Å². The fourth-order valence-corrected chi connectivity index (χ4v) is 7.16. The van der Waals surface area contributed by atoms with Crippen molar-refractivity contribution in [3.63, 3.8) is 0 Å². The molecule has 5 heteroatoms. The smallest absolute Gasteiger partial charge is 0.164 e. The Balaban J connectivity index is 1.27. The molecular formula is C41H29N5. The topological polar surface area (TPSA) is 56.5 Å². The highest BCUT2D eigenvalue weighted by Gasteiger charge is 2.37. The van der Waals surface area contributed by atoms with Crippen molar-refractivity contribution in [2.24, 2.45) is 0 Å². The molecule has 9 rings (SSSR count). The molecule has 0 fully saturated rings. The number of rotatable bonds is 4. The van der Waals surface area contributed by atoms with E-state index in [2.05, 4.69) is 133 Å². The van der Waals surface area contributed by atoms with E-state index in [4.69, 9.17) is 15.0 Å². The maximum Gasteiger partial charge on any atom is 0.164 e. The van der Waals surface area contributed by atoms with Gasteiger partial charge in [0.1, 0.15) is 0 Å². The van der Waals surface area contributed by atoms with Crippen LogP contribution in [0.5, 0.6) is 0 Å². The van der Waals surface area contributed by atoms with Crippen LogP contribution in [0.15, 0.2) is 140 Å². The zero-order valence-electron chi connectivity index (χ0n) is 25.5. The van der Waals surface area contributed by atoms with Crippen LogP contribution in [-0.4, -0.2) is 24.5 Å². The zero-order valence-corrected chi connectivity index (χ0v) is 25.5. The van der Waals surface area contributed by atoms with Gasteiger partial charge in [0.05, 0.1) is 11.0 Å². The quantitative estimate of drug-likeness (QED) is 0.204. The Morgan fingerprint density at radius 3 is 2.07 bits per heavy atom. The standard InChI is InChI=1S/C41H29N5/c1-41(2)33-19-8-6-17-30(33)37-31(18-11-20-34(37)41)40-44-38(26-12-4-3-5-13-26)43-39(45-40)27-14-10-15-28(24-27)46-35-21-9-7-16-29(35)32-25-42-23-22-36(32)46/h3-25H,1-2H3. The van der Waals surface area contributed by atoms with Crippen molar-refractivity contribution in [1.82, 2.24) is 24.5 Å². The van der Waals surface area contributed by atoms with Crippen molar-refractivity contribution in [3.05, 3.63) is 151 Å². The van der Waals surface area contributed by atoms with Gasteiger partial charge in [0.25, 0.3) is 0 Å². The monoisotopic (exact) mass is 591 g/mol. The molecule has 0 spiro atoms. The van der Waals surface area contributed by atoms with E-state index in [1.165, 1.54) is 27.6 Å². The molecular weight excluding hydrogens is 562 g/mol. The minimum atomic E-state index is -0.119. The lowest BCUT2D eigenvalue weighted by Gasteiger charge is -2.21. The van der Waals surface area contributed by atoms with Crippen LogP contribution in [0.4, 0.5) is 0 Å². The number of hydrogen-bond acceptors (Lipinski definition) is 4. The molecule has 0 N–H and O–H groups in total. The van der Waals surface area contributed by atoms with Crippen LogP contribution in [0.1, 0.15) is 25.0 Å². The molecule has 1 aliphatic carbocycles. The van der Waals surface area contributed by atoms with Gasteiger partial charge in [-0.2, -0.15) is 0 Å². The number of para-hydroxylation sites is 1. The second kappa shape index (κ2) is 10.0. The molecule has 218 valence electrons. The Hall–Kier alpha value is -5.94. The fraction of sp³-hybridized carbons (Fsp3) is 0.0732. The Kier molecular flexibility index (Phi) is 5.78. The molecule has 0 bridgehead atoms. The highest BCUT2D eigenvalue weighted by molar-refractivity contribution is 6.08. The molecule has 0 atom stereocenters. The van der Waals surface area contributed by atoms with Crippen LogP contribution in [0.25, 0.3) is 72.8 Å². The number of pyridine rings is 1. The second-order valence-electron chi connectivity index (χ2n) is 12.4. The van der Waals surface area contributed by atoms with Crippen molar-refractivity contribution in [2.75, 3.05) is 0 Å². The lowest BCUT2D eigenvalue weighted by molar-refractivity contribution is 0.660. The van der Waals surface area contributed by atoms with Crippen LogP contribution in [0.3, 0.4) is 0 Å². The Morgan fingerprint density at radius 1 is 0.522 bits per heavy atom. The van der Waals surface area contributed by atoms with Gasteiger partial charge in [-0.05, 0) is 46.5 Å². The highest BCUT2D eigenvalue weighted by atomic mass is 15.0. The molecule has 0 radical (unpaired) electrons. The van der Waals surface area contributed by atoms with Crippen molar-refractivity contribution in [3.8, 4) is 51.0 Å². The van der Waals surface area contributed by atoms with Gasteiger partial charge in [-0.1, -0.05) is 117 Å². The predicted molar refractivity (Wildman–Crippen MR) is 186 cm³/mol. The van der Waals surface area contributed by atoms with Gasteiger partial charge in [-0.25, -0.2) is 15.0 Å². The van der Waals surface area contributed by atoms with Gasteiger partial charge in [0.2, 0.25) is 0 Å². The molecule has 5 nitrogen and oxygen atoms in total. The normalized spacial score (nSPS) is 13.2. The van der Waals surface area contributed by atoms with Crippen molar-refractivity contribution >= 4 is 21.8 Å². The first-order valence-corrected chi connectivity index (χ1v) is 15.6. The minimum absolute atomic E-state index is 0.119. The molecule has 0 unspecified atom stereocenters. The SMILES string of the molecule is CC1(C)c2ccccc2-c2c(-c3nc(-c4ccccc4)nc(-c4cccc(-n5c6ccccc6c6cnccc65)c4)n3)cccc21. The third-order valence-electron chi connectivity index (χ3n) is 9.35. The van der Waals surface area contributed by atoms with Crippen LogP contribution < -0.4 is 0 Å². The number of benzene rings is 5. The molecule has 3 heterocycles. The summed E-state index contributed by atoms with van der Waals surface area (Å²) in [6.07, 6.45) is 3.80. The van der Waals surface area contributed by atoms with Crippen molar-refractivity contribution < 1.29 is 0 Å². The summed E-state index contributed by atoms with van der Waals surface area (Å²) in [4.78, 5) is 19.8. The Morgan fingerprint density at radius 2 is 1.17 bits per heavy atom. The predicted octanol–water partition coefficient (Wildman–Crippen LogP) is 9.67.